The van der Waals surface area contributed by atoms with Gasteiger partial charge in [0.15, 0.2) is 11.5 Å². The van der Waals surface area contributed by atoms with E-state index in [9.17, 15) is 14.7 Å². The quantitative estimate of drug-likeness (QED) is 0.798. The van der Waals surface area contributed by atoms with Crippen molar-refractivity contribution in [2.24, 2.45) is 5.92 Å². The maximum atomic E-state index is 12.9. The van der Waals surface area contributed by atoms with E-state index in [0.29, 0.717) is 12.3 Å². The molecule has 1 saturated carbocycles. The molecule has 0 aromatic heterocycles. The van der Waals surface area contributed by atoms with Gasteiger partial charge in [0.05, 0.1) is 18.7 Å². The predicted molar refractivity (Wildman–Crippen MR) is 101 cm³/mol. The number of benzene rings is 1. The molecule has 1 aromatic carbocycles. The van der Waals surface area contributed by atoms with Crippen molar-refractivity contribution in [3.8, 4) is 5.75 Å². The molecule has 2 fully saturated rings. The molecule has 3 aliphatic rings. The van der Waals surface area contributed by atoms with Gasteiger partial charge in [0.2, 0.25) is 0 Å². The van der Waals surface area contributed by atoms with Gasteiger partial charge in [-0.25, -0.2) is 0 Å². The Hall–Kier alpha value is -2.34. The molecule has 144 valence electrons. The number of rotatable bonds is 7. The highest BCUT2D eigenvalue weighted by molar-refractivity contribution is 6.10. The van der Waals surface area contributed by atoms with Crippen molar-refractivity contribution in [3.63, 3.8) is 0 Å². The lowest BCUT2D eigenvalue weighted by Gasteiger charge is -2.29. The molecule has 6 heteroatoms. The fourth-order valence-electron chi connectivity index (χ4n) is 4.11. The molecular formula is C21H26N2O4. The summed E-state index contributed by atoms with van der Waals surface area (Å²) < 4.78 is 5.32. The van der Waals surface area contributed by atoms with Gasteiger partial charge in [0.1, 0.15) is 5.75 Å². The Balaban J connectivity index is 1.66. The Labute approximate surface area is 159 Å². The number of aliphatic hydroxyl groups is 1. The van der Waals surface area contributed by atoms with Crippen molar-refractivity contribution in [2.75, 3.05) is 33.3 Å². The van der Waals surface area contributed by atoms with E-state index in [-0.39, 0.29) is 23.0 Å². The van der Waals surface area contributed by atoms with Gasteiger partial charge in [-0.15, -0.1) is 0 Å². The lowest BCUT2D eigenvalue weighted by Crippen LogP contribution is -2.38. The van der Waals surface area contributed by atoms with Crippen molar-refractivity contribution in [1.29, 1.82) is 0 Å². The van der Waals surface area contributed by atoms with Crippen molar-refractivity contribution in [3.05, 3.63) is 41.2 Å². The van der Waals surface area contributed by atoms with Crippen LogP contribution in [0.15, 0.2) is 35.6 Å². The first-order chi connectivity index (χ1) is 13.1. The number of ether oxygens (including phenoxy) is 1. The molecule has 0 radical (unpaired) electrons. The van der Waals surface area contributed by atoms with E-state index in [4.69, 9.17) is 4.74 Å². The minimum Gasteiger partial charge on any atom is -0.503 e. The zero-order chi connectivity index (χ0) is 19.0. The number of hydrogen-bond donors (Lipinski definition) is 1. The van der Waals surface area contributed by atoms with E-state index >= 15 is 0 Å². The number of carbonyl (C=O) groups is 2. The van der Waals surface area contributed by atoms with Crippen molar-refractivity contribution in [2.45, 2.75) is 31.7 Å². The highest BCUT2D eigenvalue weighted by Crippen LogP contribution is 2.43. The number of Topliss-reactive ketones (excluding diaryl/α,β-unsaturated/α-hetero) is 1. The SMILES string of the molecule is COc1cccc(C2C(C(=O)C3CC3)=C(O)C(=O)N2CCN2CCCC2)c1. The fraction of sp³-hybridized carbons (Fsp3) is 0.524. The molecule has 27 heavy (non-hydrogen) atoms. The summed E-state index contributed by atoms with van der Waals surface area (Å²) in [4.78, 5) is 29.7. The molecule has 1 N–H and O–H groups in total. The molecule has 2 aliphatic heterocycles. The van der Waals surface area contributed by atoms with Crippen LogP contribution in [0.3, 0.4) is 0 Å². The summed E-state index contributed by atoms with van der Waals surface area (Å²) in [6.45, 7) is 3.33. The third-order valence-corrected chi connectivity index (χ3v) is 5.78. The first-order valence-corrected chi connectivity index (χ1v) is 9.74. The topological polar surface area (TPSA) is 70.1 Å². The number of hydrogen-bond acceptors (Lipinski definition) is 5. The Morgan fingerprint density at radius 1 is 1.22 bits per heavy atom. The van der Waals surface area contributed by atoms with Gasteiger partial charge in [-0.1, -0.05) is 12.1 Å². The number of nitrogens with zero attached hydrogens (tertiary/aromatic N) is 2. The van der Waals surface area contributed by atoms with Crippen molar-refractivity contribution >= 4 is 11.7 Å². The molecule has 1 unspecified atom stereocenters. The summed E-state index contributed by atoms with van der Waals surface area (Å²) >= 11 is 0. The maximum absolute atomic E-state index is 12.9. The largest absolute Gasteiger partial charge is 0.503 e. The van der Waals surface area contributed by atoms with Crippen LogP contribution in [-0.2, 0) is 9.59 Å². The number of methoxy groups -OCH3 is 1. The molecular weight excluding hydrogens is 344 g/mol. The molecule has 1 atom stereocenters. The monoisotopic (exact) mass is 370 g/mol. The summed E-state index contributed by atoms with van der Waals surface area (Å²) in [6, 6.07) is 6.89. The number of ketones is 1. The Morgan fingerprint density at radius 2 is 1.96 bits per heavy atom. The molecule has 0 spiro atoms. The second-order valence-corrected chi connectivity index (χ2v) is 7.63. The van der Waals surface area contributed by atoms with Crippen LogP contribution in [0.2, 0.25) is 0 Å². The second kappa shape index (κ2) is 7.35. The first kappa shape index (κ1) is 18.0. The normalized spacial score (nSPS) is 23.4. The van der Waals surface area contributed by atoms with Gasteiger partial charge in [-0.2, -0.15) is 0 Å². The highest BCUT2D eigenvalue weighted by Gasteiger charge is 2.47. The van der Waals surface area contributed by atoms with E-state index in [2.05, 4.69) is 4.90 Å². The first-order valence-electron chi connectivity index (χ1n) is 9.74. The van der Waals surface area contributed by atoms with Gasteiger partial charge < -0.3 is 19.6 Å². The molecule has 1 saturated heterocycles. The molecule has 0 bridgehead atoms. The van der Waals surface area contributed by atoms with E-state index in [0.717, 1.165) is 38.0 Å². The van der Waals surface area contributed by atoms with Crippen LogP contribution >= 0.6 is 0 Å². The van der Waals surface area contributed by atoms with Gasteiger partial charge in [0.25, 0.3) is 5.91 Å². The van der Waals surface area contributed by atoms with Crippen LogP contribution in [0.1, 0.15) is 37.3 Å². The molecule has 1 aliphatic carbocycles. The number of carbonyl (C=O) groups excluding carboxylic acids is 2. The van der Waals surface area contributed by atoms with Gasteiger partial charge >= 0.3 is 0 Å². The highest BCUT2D eigenvalue weighted by atomic mass is 16.5. The Kier molecular flexibility index (Phi) is 4.91. The zero-order valence-corrected chi connectivity index (χ0v) is 15.7. The summed E-state index contributed by atoms with van der Waals surface area (Å²) in [7, 11) is 1.59. The standard InChI is InChI=1S/C21H26N2O4/c1-27-16-6-4-5-15(13-16)18-17(19(24)14-7-8-14)20(25)21(26)23(18)12-11-22-9-2-3-10-22/h4-6,13-14,18,25H,2-3,7-12H2,1H3. The molecule has 1 amide bonds. The Morgan fingerprint density at radius 3 is 2.63 bits per heavy atom. The molecule has 1 aromatic rings. The fourth-order valence-corrected chi connectivity index (χ4v) is 4.11. The maximum Gasteiger partial charge on any atom is 0.290 e. The molecule has 6 nitrogen and oxygen atoms in total. The predicted octanol–water partition coefficient (Wildman–Crippen LogP) is 2.47. The van der Waals surface area contributed by atoms with Crippen LogP contribution < -0.4 is 4.74 Å². The van der Waals surface area contributed by atoms with E-state index < -0.39 is 11.9 Å². The average molecular weight is 370 g/mol. The summed E-state index contributed by atoms with van der Waals surface area (Å²) in [5.41, 5.74) is 1.06. The van der Waals surface area contributed by atoms with Crippen LogP contribution in [-0.4, -0.2) is 59.9 Å². The van der Waals surface area contributed by atoms with Crippen LogP contribution in [0.25, 0.3) is 0 Å². The second-order valence-electron chi connectivity index (χ2n) is 7.63. The van der Waals surface area contributed by atoms with Crippen molar-refractivity contribution < 1.29 is 19.4 Å². The number of aliphatic hydroxyl groups excluding tert-OH is 1. The lowest BCUT2D eigenvalue weighted by atomic mass is 9.94. The average Bonchev–Trinajstić information content (AvgIpc) is 3.35. The van der Waals surface area contributed by atoms with E-state index in [1.54, 1.807) is 12.0 Å². The van der Waals surface area contributed by atoms with Gasteiger partial charge in [0, 0.05) is 19.0 Å². The van der Waals surface area contributed by atoms with E-state index in [1.807, 2.05) is 24.3 Å². The van der Waals surface area contributed by atoms with E-state index in [1.165, 1.54) is 12.8 Å². The van der Waals surface area contributed by atoms with Crippen LogP contribution in [0.4, 0.5) is 0 Å². The number of amides is 1. The van der Waals surface area contributed by atoms with Crippen LogP contribution in [0.5, 0.6) is 5.75 Å². The smallest absolute Gasteiger partial charge is 0.290 e. The minimum absolute atomic E-state index is 0.0541. The Bertz CT molecular complexity index is 778. The van der Waals surface area contributed by atoms with Crippen molar-refractivity contribution in [1.82, 2.24) is 9.80 Å². The van der Waals surface area contributed by atoms with Gasteiger partial charge in [-0.05, 0) is 56.5 Å². The minimum atomic E-state index is -0.539. The summed E-state index contributed by atoms with van der Waals surface area (Å²) in [5.74, 6) is -0.282. The zero-order valence-electron chi connectivity index (χ0n) is 15.7. The number of likely N-dealkylation sites (tertiary alicyclic amines) is 1. The molecule has 2 heterocycles. The van der Waals surface area contributed by atoms with Gasteiger partial charge in [-0.3, -0.25) is 9.59 Å². The summed E-state index contributed by atoms with van der Waals surface area (Å²) in [6.07, 6.45) is 4.04. The summed E-state index contributed by atoms with van der Waals surface area (Å²) in [5, 5.41) is 10.5. The third kappa shape index (κ3) is 3.46. The lowest BCUT2D eigenvalue weighted by molar-refractivity contribution is -0.129. The molecule has 4 rings (SSSR count). The third-order valence-electron chi connectivity index (χ3n) is 5.78. The van der Waals surface area contributed by atoms with Crippen LogP contribution in [0, 0.1) is 5.92 Å².